The van der Waals surface area contributed by atoms with Gasteiger partial charge in [-0.25, -0.2) is 13.2 Å². The van der Waals surface area contributed by atoms with Gasteiger partial charge in [-0.3, -0.25) is 0 Å². The van der Waals surface area contributed by atoms with Crippen LogP contribution in [-0.4, -0.2) is 50.6 Å². The van der Waals surface area contributed by atoms with Crippen LogP contribution in [0.2, 0.25) is 5.02 Å². The highest BCUT2D eigenvalue weighted by Gasteiger charge is 2.26. The molecule has 20 heavy (non-hydrogen) atoms. The average Bonchev–Trinajstić information content (AvgIpc) is 2.43. The van der Waals surface area contributed by atoms with E-state index < -0.39 is 16.0 Å². The van der Waals surface area contributed by atoms with Crippen molar-refractivity contribution in [2.75, 3.05) is 26.8 Å². The second-order valence-electron chi connectivity index (χ2n) is 3.86. The number of ether oxygens (including phenoxy) is 1. The van der Waals surface area contributed by atoms with Crippen LogP contribution in [0.5, 0.6) is 0 Å². The van der Waals surface area contributed by atoms with Crippen molar-refractivity contribution in [2.24, 2.45) is 0 Å². The van der Waals surface area contributed by atoms with Crippen molar-refractivity contribution in [3.05, 3.63) is 28.8 Å². The van der Waals surface area contributed by atoms with Gasteiger partial charge in [-0.1, -0.05) is 18.5 Å². The summed E-state index contributed by atoms with van der Waals surface area (Å²) in [6, 6.07) is 3.88. The number of esters is 1. The smallest absolute Gasteiger partial charge is 0.337 e. The third kappa shape index (κ3) is 3.49. The van der Waals surface area contributed by atoms with Gasteiger partial charge in [0.05, 0.1) is 24.3 Å². The van der Waals surface area contributed by atoms with Gasteiger partial charge in [0.1, 0.15) is 4.90 Å². The third-order valence-electron chi connectivity index (χ3n) is 2.67. The lowest BCUT2D eigenvalue weighted by molar-refractivity contribution is 0.0600. The highest BCUT2D eigenvalue weighted by molar-refractivity contribution is 7.89. The Morgan fingerprint density at radius 3 is 2.60 bits per heavy atom. The summed E-state index contributed by atoms with van der Waals surface area (Å²) in [5.74, 6) is -0.650. The molecular weight excluding hydrogens is 306 g/mol. The Bertz CT molecular complexity index is 588. The van der Waals surface area contributed by atoms with E-state index in [1.165, 1.54) is 25.3 Å². The average molecular weight is 322 g/mol. The maximum Gasteiger partial charge on any atom is 0.337 e. The molecule has 8 heteroatoms. The van der Waals surface area contributed by atoms with Gasteiger partial charge in [0.2, 0.25) is 10.0 Å². The van der Waals surface area contributed by atoms with Gasteiger partial charge in [0.25, 0.3) is 0 Å². The van der Waals surface area contributed by atoms with Crippen LogP contribution >= 0.6 is 11.6 Å². The van der Waals surface area contributed by atoms with Gasteiger partial charge in [0, 0.05) is 13.1 Å². The van der Waals surface area contributed by atoms with Crippen LogP contribution in [0.15, 0.2) is 23.1 Å². The standard InChI is InChI=1S/C12H16ClNO5S/c1-3-14(6-7-15)20(17,18)11-8-9(12(16)19-2)4-5-10(11)13/h4-5,8,15H,3,6-7H2,1-2H3. The number of sulfonamides is 1. The van der Waals surface area contributed by atoms with Crippen LogP contribution in [0.1, 0.15) is 17.3 Å². The van der Waals surface area contributed by atoms with E-state index in [-0.39, 0.29) is 35.2 Å². The maximum absolute atomic E-state index is 12.4. The van der Waals surface area contributed by atoms with E-state index in [0.29, 0.717) is 0 Å². The topological polar surface area (TPSA) is 83.9 Å². The molecule has 0 fully saturated rings. The Balaban J connectivity index is 3.33. The number of likely N-dealkylation sites (N-methyl/N-ethyl adjacent to an activating group) is 1. The summed E-state index contributed by atoms with van der Waals surface area (Å²) in [7, 11) is -2.67. The predicted octanol–water partition coefficient (Wildman–Crippen LogP) is 1.13. The molecule has 0 radical (unpaired) electrons. The number of nitrogens with zero attached hydrogens (tertiary/aromatic N) is 1. The number of carbonyl (C=O) groups excluding carboxylic acids is 1. The molecule has 1 aromatic carbocycles. The highest BCUT2D eigenvalue weighted by Crippen LogP contribution is 2.26. The van der Waals surface area contributed by atoms with E-state index in [0.717, 1.165) is 4.31 Å². The minimum atomic E-state index is -3.87. The lowest BCUT2D eigenvalue weighted by Crippen LogP contribution is -2.33. The maximum atomic E-state index is 12.4. The predicted molar refractivity (Wildman–Crippen MR) is 74.3 cm³/mol. The molecule has 0 aliphatic carbocycles. The first kappa shape index (κ1) is 16.9. The van der Waals surface area contributed by atoms with E-state index in [1.807, 2.05) is 0 Å². The zero-order valence-corrected chi connectivity index (χ0v) is 12.7. The van der Waals surface area contributed by atoms with E-state index >= 15 is 0 Å². The fourth-order valence-corrected chi connectivity index (χ4v) is 3.59. The Morgan fingerprint density at radius 1 is 1.45 bits per heavy atom. The van der Waals surface area contributed by atoms with Crippen molar-refractivity contribution in [3.63, 3.8) is 0 Å². The molecule has 0 aliphatic rings. The van der Waals surface area contributed by atoms with E-state index in [4.69, 9.17) is 16.7 Å². The molecule has 0 amide bonds. The molecule has 0 unspecified atom stereocenters. The molecule has 0 saturated heterocycles. The van der Waals surface area contributed by atoms with E-state index in [9.17, 15) is 13.2 Å². The Labute approximate surface area is 123 Å². The minimum absolute atomic E-state index is 0.00837. The van der Waals surface area contributed by atoms with E-state index in [1.54, 1.807) is 6.92 Å². The summed E-state index contributed by atoms with van der Waals surface area (Å²) in [6.07, 6.45) is 0. The van der Waals surface area contributed by atoms with Crippen molar-refractivity contribution in [1.82, 2.24) is 4.31 Å². The summed E-state index contributed by atoms with van der Waals surface area (Å²) in [5, 5.41) is 8.92. The van der Waals surface area contributed by atoms with E-state index in [2.05, 4.69) is 4.74 Å². The van der Waals surface area contributed by atoms with Crippen molar-refractivity contribution in [2.45, 2.75) is 11.8 Å². The Morgan fingerprint density at radius 2 is 2.10 bits per heavy atom. The summed E-state index contributed by atoms with van der Waals surface area (Å²) in [4.78, 5) is 11.3. The molecule has 0 bridgehead atoms. The first-order valence-corrected chi connectivity index (χ1v) is 7.69. The van der Waals surface area contributed by atoms with Crippen molar-refractivity contribution in [3.8, 4) is 0 Å². The van der Waals surface area contributed by atoms with Crippen LogP contribution in [0.25, 0.3) is 0 Å². The highest BCUT2D eigenvalue weighted by atomic mass is 35.5. The van der Waals surface area contributed by atoms with Gasteiger partial charge in [-0.2, -0.15) is 4.31 Å². The SMILES string of the molecule is CCN(CCO)S(=O)(=O)c1cc(C(=O)OC)ccc1Cl. The quantitative estimate of drug-likeness (QED) is 0.794. The second-order valence-corrected chi connectivity index (χ2v) is 6.17. The number of methoxy groups -OCH3 is 1. The molecule has 6 nitrogen and oxygen atoms in total. The lowest BCUT2D eigenvalue weighted by Gasteiger charge is -2.20. The summed E-state index contributed by atoms with van der Waals surface area (Å²) in [5.41, 5.74) is 0.0931. The second kappa shape index (κ2) is 7.03. The zero-order valence-electron chi connectivity index (χ0n) is 11.2. The van der Waals surface area contributed by atoms with Gasteiger partial charge in [0.15, 0.2) is 0 Å². The van der Waals surface area contributed by atoms with Crippen LogP contribution in [-0.2, 0) is 14.8 Å². The monoisotopic (exact) mass is 321 g/mol. The number of halogens is 1. The Kier molecular flexibility index (Phi) is 5.94. The normalized spacial score (nSPS) is 11.7. The molecule has 0 heterocycles. The molecule has 0 aromatic heterocycles. The molecule has 1 rings (SSSR count). The van der Waals surface area contributed by atoms with Gasteiger partial charge in [-0.15, -0.1) is 0 Å². The first-order chi connectivity index (χ1) is 9.38. The fraction of sp³-hybridized carbons (Fsp3) is 0.417. The number of carbonyl (C=O) groups is 1. The van der Waals surface area contributed by atoms with Crippen molar-refractivity contribution >= 4 is 27.6 Å². The molecule has 0 spiro atoms. The largest absolute Gasteiger partial charge is 0.465 e. The molecule has 0 atom stereocenters. The van der Waals surface area contributed by atoms with Gasteiger partial charge >= 0.3 is 5.97 Å². The summed E-state index contributed by atoms with van der Waals surface area (Å²) in [6.45, 7) is 1.48. The lowest BCUT2D eigenvalue weighted by atomic mass is 10.2. The first-order valence-electron chi connectivity index (χ1n) is 5.87. The van der Waals surface area contributed by atoms with Gasteiger partial charge < -0.3 is 9.84 Å². The molecule has 0 saturated carbocycles. The molecule has 1 N–H and O–H groups in total. The summed E-state index contributed by atoms with van der Waals surface area (Å²) >= 11 is 5.91. The number of aliphatic hydroxyl groups excluding tert-OH is 1. The van der Waals surface area contributed by atoms with Crippen LogP contribution < -0.4 is 0 Å². The fourth-order valence-electron chi connectivity index (χ4n) is 1.64. The van der Waals surface area contributed by atoms with Crippen LogP contribution in [0.3, 0.4) is 0 Å². The third-order valence-corrected chi connectivity index (χ3v) is 5.13. The van der Waals surface area contributed by atoms with Gasteiger partial charge in [-0.05, 0) is 18.2 Å². The number of rotatable bonds is 6. The number of hydrogen-bond donors (Lipinski definition) is 1. The zero-order chi connectivity index (χ0) is 15.3. The number of aliphatic hydroxyl groups is 1. The van der Waals surface area contributed by atoms with Crippen molar-refractivity contribution in [1.29, 1.82) is 0 Å². The molecule has 112 valence electrons. The van der Waals surface area contributed by atoms with Crippen LogP contribution in [0.4, 0.5) is 0 Å². The molecular formula is C12H16ClNO5S. The Hall–Kier alpha value is -1.15. The van der Waals surface area contributed by atoms with Crippen molar-refractivity contribution < 1.29 is 23.1 Å². The minimum Gasteiger partial charge on any atom is -0.465 e. The number of hydrogen-bond acceptors (Lipinski definition) is 5. The molecule has 1 aromatic rings. The van der Waals surface area contributed by atoms with Crippen LogP contribution in [0, 0.1) is 0 Å². The number of benzene rings is 1. The molecule has 0 aliphatic heterocycles. The summed E-state index contributed by atoms with van der Waals surface area (Å²) < 4.78 is 30.5.